The second kappa shape index (κ2) is 11.3. The highest BCUT2D eigenvalue weighted by atomic mass is 35.5. The molecule has 1 aliphatic heterocycles. The van der Waals surface area contributed by atoms with Crippen LogP contribution in [-0.2, 0) is 34.1 Å². The summed E-state index contributed by atoms with van der Waals surface area (Å²) in [4.78, 5) is 39.2. The van der Waals surface area contributed by atoms with Crippen LogP contribution in [-0.4, -0.2) is 88.5 Å². The van der Waals surface area contributed by atoms with Crippen LogP contribution in [0.3, 0.4) is 0 Å². The Morgan fingerprint density at radius 2 is 1.83 bits per heavy atom. The molecule has 2 saturated carbocycles. The van der Waals surface area contributed by atoms with E-state index in [-0.39, 0.29) is 56.7 Å². The molecule has 2 aliphatic carbocycles. The number of carbonyl (C=O) groups is 3. The third-order valence-corrected chi connectivity index (χ3v) is 11.8. The number of hydrogen-bond donors (Lipinski definition) is 3. The number of rotatable bonds is 13. The zero-order valence-corrected chi connectivity index (χ0v) is 24.4. The van der Waals surface area contributed by atoms with Gasteiger partial charge in [-0.25, -0.2) is 13.2 Å². The van der Waals surface area contributed by atoms with Crippen LogP contribution in [0.15, 0.2) is 24.3 Å². The molecule has 41 heavy (non-hydrogen) atoms. The number of halogens is 1. The van der Waals surface area contributed by atoms with Crippen molar-refractivity contribution in [1.29, 1.82) is 0 Å². The van der Waals surface area contributed by atoms with Crippen LogP contribution >= 0.6 is 11.6 Å². The van der Waals surface area contributed by atoms with Crippen LogP contribution in [0, 0.1) is 0 Å². The number of amides is 3. The number of nitrogens with one attached hydrogen (secondary N) is 2. The fourth-order valence-electron chi connectivity index (χ4n) is 5.29. The summed E-state index contributed by atoms with van der Waals surface area (Å²) in [6.07, 6.45) is 1.59. The van der Waals surface area contributed by atoms with Crippen molar-refractivity contribution in [2.45, 2.75) is 61.6 Å². The highest BCUT2D eigenvalue weighted by Crippen LogP contribution is 2.56. The summed E-state index contributed by atoms with van der Waals surface area (Å²) in [5, 5.41) is 18.8. The van der Waals surface area contributed by atoms with Gasteiger partial charge in [-0.1, -0.05) is 23.7 Å². The van der Waals surface area contributed by atoms with Crippen LogP contribution in [0.2, 0.25) is 5.02 Å². The van der Waals surface area contributed by atoms with Crippen molar-refractivity contribution in [3.8, 4) is 0 Å². The zero-order valence-electron chi connectivity index (χ0n) is 22.8. The fourth-order valence-corrected chi connectivity index (χ4v) is 8.06. The first kappa shape index (κ1) is 29.3. The maximum Gasteiger partial charge on any atom is 0.404 e. The lowest BCUT2D eigenvalue weighted by Gasteiger charge is -2.32. The second-order valence-corrected chi connectivity index (χ2v) is 14.5. The van der Waals surface area contributed by atoms with Crippen molar-refractivity contribution in [3.05, 3.63) is 51.8 Å². The van der Waals surface area contributed by atoms with Gasteiger partial charge in [-0.3, -0.25) is 14.3 Å². The molecule has 2 heterocycles. The summed E-state index contributed by atoms with van der Waals surface area (Å²) in [5.41, 5.74) is 1.77. The Morgan fingerprint density at radius 1 is 1.12 bits per heavy atom. The van der Waals surface area contributed by atoms with E-state index in [1.165, 1.54) is 4.68 Å². The quantitative estimate of drug-likeness (QED) is 0.292. The Bertz CT molecular complexity index is 1450. The van der Waals surface area contributed by atoms with Crippen molar-refractivity contribution in [1.82, 2.24) is 25.3 Å². The average Bonchev–Trinajstić information content (AvgIpc) is 3.85. The lowest BCUT2D eigenvalue weighted by Crippen LogP contribution is -2.48. The maximum atomic E-state index is 13.8. The minimum atomic E-state index is -3.39. The van der Waals surface area contributed by atoms with Gasteiger partial charge in [-0.2, -0.15) is 5.10 Å². The van der Waals surface area contributed by atoms with E-state index < -0.39 is 31.3 Å². The third kappa shape index (κ3) is 5.93. The molecular formula is C27H34ClN5O7S. The Hall–Kier alpha value is -3.16. The Morgan fingerprint density at radius 3 is 2.46 bits per heavy atom. The second-order valence-electron chi connectivity index (χ2n) is 11.2. The monoisotopic (exact) mass is 607 g/mol. The molecule has 0 bridgehead atoms. The number of carbonyl (C=O) groups excluding carboxylic acids is 2. The first-order valence-corrected chi connectivity index (χ1v) is 15.5. The van der Waals surface area contributed by atoms with E-state index in [9.17, 15) is 22.8 Å². The van der Waals surface area contributed by atoms with E-state index >= 15 is 0 Å². The molecule has 3 amide bonds. The lowest BCUT2D eigenvalue weighted by molar-refractivity contribution is 0.0715. The molecule has 0 spiro atoms. The standard InChI is InChI=1S/C27H34ClN5O7S/c1-26(7-8-26)41(38,39)27(9-10-27)17-32-12-6-20-21(23(34)30-16-18-2-4-19(28)5-3-18)31-33(22(20)24(32)35)13-15-40-14-11-29-25(36)37/h2-5,29H,6-17H2,1H3,(H,30,34)(H,36,37). The Balaban J connectivity index is 1.33. The van der Waals surface area contributed by atoms with E-state index in [4.69, 9.17) is 21.4 Å². The van der Waals surface area contributed by atoms with Gasteiger partial charge in [0.05, 0.1) is 29.3 Å². The smallest absolute Gasteiger partial charge is 0.404 e. The summed E-state index contributed by atoms with van der Waals surface area (Å²) in [5.74, 6) is -0.781. The van der Waals surface area contributed by atoms with Crippen molar-refractivity contribution in [2.75, 3.05) is 32.8 Å². The van der Waals surface area contributed by atoms with Gasteiger partial charge >= 0.3 is 6.09 Å². The highest BCUT2D eigenvalue weighted by Gasteiger charge is 2.65. The SMILES string of the molecule is CC1(S(=O)(=O)C2(CN3CCc4c(C(=O)NCc5ccc(Cl)cc5)nn(CCOCCNC(=O)O)c4C3=O)CC2)CC1. The van der Waals surface area contributed by atoms with Crippen LogP contribution in [0.5, 0.6) is 0 Å². The van der Waals surface area contributed by atoms with Gasteiger partial charge in [-0.05, 0) is 56.7 Å². The van der Waals surface area contributed by atoms with Gasteiger partial charge in [0.25, 0.3) is 11.8 Å². The van der Waals surface area contributed by atoms with Crippen LogP contribution in [0.4, 0.5) is 4.79 Å². The fraction of sp³-hybridized carbons (Fsp3) is 0.556. The number of ether oxygens (including phenoxy) is 1. The molecule has 222 valence electrons. The molecule has 1 aromatic heterocycles. The summed E-state index contributed by atoms with van der Waals surface area (Å²) in [6.45, 7) is 2.97. The number of fused-ring (bicyclic) bond motifs is 1. The Kier molecular flexibility index (Phi) is 8.05. The largest absolute Gasteiger partial charge is 0.465 e. The zero-order chi connectivity index (χ0) is 29.4. The summed E-state index contributed by atoms with van der Waals surface area (Å²) < 4.78 is 32.1. The number of benzene rings is 1. The van der Waals surface area contributed by atoms with Crippen molar-refractivity contribution < 1.29 is 32.6 Å². The molecule has 12 nitrogen and oxygen atoms in total. The van der Waals surface area contributed by atoms with Crippen molar-refractivity contribution >= 4 is 39.3 Å². The number of aromatic nitrogens is 2. The average molecular weight is 608 g/mol. The molecule has 14 heteroatoms. The van der Waals surface area contributed by atoms with Crippen molar-refractivity contribution in [2.24, 2.45) is 0 Å². The minimum Gasteiger partial charge on any atom is -0.465 e. The molecular weight excluding hydrogens is 574 g/mol. The molecule has 0 atom stereocenters. The first-order chi connectivity index (χ1) is 19.5. The summed E-state index contributed by atoms with van der Waals surface area (Å²) >= 11 is 5.95. The Labute approximate surface area is 243 Å². The number of nitrogens with zero attached hydrogens (tertiary/aromatic N) is 3. The minimum absolute atomic E-state index is 0.104. The molecule has 5 rings (SSSR count). The lowest BCUT2D eigenvalue weighted by atomic mass is 10.0. The van der Waals surface area contributed by atoms with Gasteiger partial charge in [0.1, 0.15) is 5.69 Å². The predicted octanol–water partition coefficient (Wildman–Crippen LogP) is 2.25. The molecule has 2 aromatic rings. The van der Waals surface area contributed by atoms with Gasteiger partial charge in [0, 0.05) is 36.8 Å². The van der Waals surface area contributed by atoms with Gasteiger partial charge < -0.3 is 25.4 Å². The molecule has 0 unspecified atom stereocenters. The first-order valence-electron chi connectivity index (χ1n) is 13.7. The van der Waals surface area contributed by atoms with Crippen LogP contribution in [0.1, 0.15) is 64.7 Å². The molecule has 1 aromatic carbocycles. The number of hydrogen-bond acceptors (Lipinski definition) is 7. The number of carboxylic acid groups (broad SMARTS) is 1. The summed E-state index contributed by atoms with van der Waals surface area (Å²) in [7, 11) is -3.39. The molecule has 0 saturated heterocycles. The van der Waals surface area contributed by atoms with E-state index in [0.717, 1.165) is 5.56 Å². The number of sulfone groups is 1. The van der Waals surface area contributed by atoms with Gasteiger partial charge in [0.15, 0.2) is 15.5 Å². The summed E-state index contributed by atoms with van der Waals surface area (Å²) in [6, 6.07) is 7.07. The maximum absolute atomic E-state index is 13.8. The third-order valence-electron chi connectivity index (χ3n) is 8.18. The van der Waals surface area contributed by atoms with Crippen LogP contribution in [0.25, 0.3) is 0 Å². The molecule has 2 fully saturated rings. The van der Waals surface area contributed by atoms with E-state index in [0.29, 0.717) is 49.2 Å². The van der Waals surface area contributed by atoms with Gasteiger partial charge in [-0.15, -0.1) is 0 Å². The molecule has 0 radical (unpaired) electrons. The van der Waals surface area contributed by atoms with Crippen molar-refractivity contribution in [3.63, 3.8) is 0 Å². The van der Waals surface area contributed by atoms with Gasteiger partial charge in [0.2, 0.25) is 0 Å². The topological polar surface area (TPSA) is 160 Å². The highest BCUT2D eigenvalue weighted by molar-refractivity contribution is 7.94. The predicted molar refractivity (Wildman–Crippen MR) is 150 cm³/mol. The van der Waals surface area contributed by atoms with Crippen LogP contribution < -0.4 is 10.6 Å². The normalized spacial score (nSPS) is 18.5. The van der Waals surface area contributed by atoms with E-state index in [1.807, 2.05) is 0 Å². The molecule has 3 N–H and O–H groups in total. The van der Waals surface area contributed by atoms with E-state index in [1.54, 1.807) is 36.1 Å². The molecule has 3 aliphatic rings. The van der Waals surface area contributed by atoms with E-state index in [2.05, 4.69) is 15.7 Å².